The molecule has 3 aliphatic rings. The van der Waals surface area contributed by atoms with Crippen molar-refractivity contribution in [2.75, 3.05) is 47.1 Å². The lowest BCUT2D eigenvalue weighted by molar-refractivity contribution is 0.0365. The molecule has 1 aromatic carbocycles. The van der Waals surface area contributed by atoms with Crippen LogP contribution in [-0.4, -0.2) is 68.5 Å². The quantitative estimate of drug-likeness (QED) is 0.638. The van der Waals surface area contributed by atoms with Crippen LogP contribution in [0.15, 0.2) is 12.1 Å². The van der Waals surface area contributed by atoms with E-state index < -0.39 is 0 Å². The molecule has 0 radical (unpaired) electrons. The predicted octanol–water partition coefficient (Wildman–Crippen LogP) is 4.24. The van der Waals surface area contributed by atoms with E-state index in [-0.39, 0.29) is 22.8 Å². The van der Waals surface area contributed by atoms with Gasteiger partial charge < -0.3 is 24.1 Å². The molecule has 3 fully saturated rings. The molecule has 1 amide bonds. The number of rotatable bonds is 7. The van der Waals surface area contributed by atoms with Gasteiger partial charge in [0.15, 0.2) is 0 Å². The minimum absolute atomic E-state index is 0.0137. The number of fused-ring (bicyclic) bond motifs is 3. The molecular formula is C28H41N3O4. The second kappa shape index (κ2) is 9.00. The molecule has 2 saturated carbocycles. The summed E-state index contributed by atoms with van der Waals surface area (Å²) in [7, 11) is 3.34. The summed E-state index contributed by atoms with van der Waals surface area (Å²) in [6, 6.07) is 4.06. The highest BCUT2D eigenvalue weighted by atomic mass is 16.5. The first-order valence-corrected chi connectivity index (χ1v) is 13.1. The van der Waals surface area contributed by atoms with Crippen LogP contribution < -0.4 is 14.8 Å². The fourth-order valence-electron chi connectivity index (χ4n) is 7.32. The van der Waals surface area contributed by atoms with Crippen molar-refractivity contribution in [1.82, 2.24) is 14.8 Å². The van der Waals surface area contributed by atoms with E-state index >= 15 is 0 Å². The normalized spacial score (nSPS) is 27.9. The van der Waals surface area contributed by atoms with Crippen molar-refractivity contribution in [1.29, 1.82) is 0 Å². The monoisotopic (exact) mass is 483 g/mol. The van der Waals surface area contributed by atoms with E-state index in [0.29, 0.717) is 11.7 Å². The summed E-state index contributed by atoms with van der Waals surface area (Å²) >= 11 is 0. The fraction of sp³-hybridized carbons (Fsp3) is 0.679. The van der Waals surface area contributed by atoms with Crippen LogP contribution in [0.1, 0.15) is 56.1 Å². The third-order valence-corrected chi connectivity index (χ3v) is 9.33. The number of morpholine rings is 1. The van der Waals surface area contributed by atoms with E-state index in [2.05, 4.69) is 42.5 Å². The third kappa shape index (κ3) is 4.01. The van der Waals surface area contributed by atoms with Gasteiger partial charge in [0, 0.05) is 49.4 Å². The summed E-state index contributed by atoms with van der Waals surface area (Å²) in [5.74, 6) is 2.12. The standard InChI is InChI=1S/C28H41N3O4/c1-18-23(25(32)29-26-27(2,3)19-7-8-28(26,4)17-19)21-15-20(33-5)16-22(34-6)24(21)31(18)10-9-30-11-13-35-14-12-30/h15-16,19,26H,7-14,17H2,1-6H3,(H,29,32)/t19-,26?,28?/m0/s1. The van der Waals surface area contributed by atoms with Gasteiger partial charge in [-0.05, 0) is 49.0 Å². The Morgan fingerprint density at radius 3 is 2.51 bits per heavy atom. The molecule has 35 heavy (non-hydrogen) atoms. The average Bonchev–Trinajstić information content (AvgIpc) is 3.44. The molecule has 2 unspecified atom stereocenters. The topological polar surface area (TPSA) is 65.0 Å². The van der Waals surface area contributed by atoms with Crippen LogP contribution >= 0.6 is 0 Å². The highest BCUT2D eigenvalue weighted by Gasteiger charge is 2.59. The number of carbonyl (C=O) groups excluding carboxylic acids is 1. The summed E-state index contributed by atoms with van der Waals surface area (Å²) in [6.07, 6.45) is 3.66. The summed E-state index contributed by atoms with van der Waals surface area (Å²) in [5.41, 5.74) is 2.94. The van der Waals surface area contributed by atoms with Gasteiger partial charge in [0.05, 0.1) is 38.5 Å². The number of ether oxygens (including phenoxy) is 3. The molecule has 2 heterocycles. The maximum absolute atomic E-state index is 14.0. The maximum Gasteiger partial charge on any atom is 0.253 e. The van der Waals surface area contributed by atoms with Crippen LogP contribution in [0.3, 0.4) is 0 Å². The highest BCUT2D eigenvalue weighted by Crippen LogP contribution is 2.62. The van der Waals surface area contributed by atoms with E-state index in [1.54, 1.807) is 14.2 Å². The van der Waals surface area contributed by atoms with Gasteiger partial charge in [-0.3, -0.25) is 9.69 Å². The van der Waals surface area contributed by atoms with Gasteiger partial charge in [-0.15, -0.1) is 0 Å². The molecule has 1 aromatic heterocycles. The second-order valence-corrected chi connectivity index (χ2v) is 11.6. The first-order valence-electron chi connectivity index (χ1n) is 13.1. The van der Waals surface area contributed by atoms with Gasteiger partial charge in [-0.2, -0.15) is 0 Å². The lowest BCUT2D eigenvalue weighted by Gasteiger charge is -2.43. The van der Waals surface area contributed by atoms with E-state index in [9.17, 15) is 4.79 Å². The van der Waals surface area contributed by atoms with Crippen LogP contribution in [-0.2, 0) is 11.3 Å². The van der Waals surface area contributed by atoms with E-state index in [4.69, 9.17) is 14.2 Å². The van der Waals surface area contributed by atoms with Crippen molar-refractivity contribution in [3.8, 4) is 11.5 Å². The van der Waals surface area contributed by atoms with Crippen LogP contribution in [0.25, 0.3) is 10.9 Å². The molecular weight excluding hydrogens is 442 g/mol. The fourth-order valence-corrected chi connectivity index (χ4v) is 7.32. The van der Waals surface area contributed by atoms with Gasteiger partial charge in [0.25, 0.3) is 5.91 Å². The average molecular weight is 484 g/mol. The van der Waals surface area contributed by atoms with Gasteiger partial charge in [-0.25, -0.2) is 0 Å². The zero-order valence-corrected chi connectivity index (χ0v) is 22.2. The Hall–Kier alpha value is -2.25. The Bertz CT molecular complexity index is 1110. The van der Waals surface area contributed by atoms with Crippen LogP contribution in [0.5, 0.6) is 11.5 Å². The minimum Gasteiger partial charge on any atom is -0.497 e. The maximum atomic E-state index is 14.0. The van der Waals surface area contributed by atoms with Crippen LogP contribution in [0.2, 0.25) is 0 Å². The van der Waals surface area contributed by atoms with Crippen molar-refractivity contribution >= 4 is 16.8 Å². The molecule has 2 aliphatic carbocycles. The number of hydrogen-bond acceptors (Lipinski definition) is 5. The number of benzene rings is 1. The first kappa shape index (κ1) is 24.4. The zero-order chi connectivity index (χ0) is 25.0. The number of nitrogens with zero attached hydrogens (tertiary/aromatic N) is 2. The Morgan fingerprint density at radius 2 is 1.89 bits per heavy atom. The largest absolute Gasteiger partial charge is 0.497 e. The lowest BCUT2D eigenvalue weighted by Crippen LogP contribution is -2.52. The number of nitrogens with one attached hydrogen (secondary N) is 1. The summed E-state index contributed by atoms with van der Waals surface area (Å²) in [5, 5.41) is 4.42. The molecule has 192 valence electrons. The Balaban J connectivity index is 1.54. The number of hydrogen-bond donors (Lipinski definition) is 1. The molecule has 1 saturated heterocycles. The molecule has 0 spiro atoms. The Labute approximate surface area is 209 Å². The molecule has 1 aliphatic heterocycles. The van der Waals surface area contributed by atoms with Crippen molar-refractivity contribution in [2.24, 2.45) is 16.7 Å². The smallest absolute Gasteiger partial charge is 0.253 e. The zero-order valence-electron chi connectivity index (χ0n) is 22.2. The molecule has 7 heteroatoms. The summed E-state index contributed by atoms with van der Waals surface area (Å²) in [4.78, 5) is 16.4. The minimum atomic E-state index is 0.0137. The predicted molar refractivity (Wildman–Crippen MR) is 138 cm³/mol. The number of carbonyl (C=O) groups is 1. The van der Waals surface area contributed by atoms with Gasteiger partial charge >= 0.3 is 0 Å². The molecule has 7 nitrogen and oxygen atoms in total. The van der Waals surface area contributed by atoms with Crippen molar-refractivity contribution in [2.45, 2.75) is 59.5 Å². The molecule has 2 aromatic rings. The summed E-state index contributed by atoms with van der Waals surface area (Å²) in [6.45, 7) is 14.2. The third-order valence-electron chi connectivity index (χ3n) is 9.33. The first-order chi connectivity index (χ1) is 16.7. The van der Waals surface area contributed by atoms with Gasteiger partial charge in [0.1, 0.15) is 11.5 Å². The van der Waals surface area contributed by atoms with E-state index in [1.807, 2.05) is 12.1 Å². The number of aromatic nitrogens is 1. The Kier molecular flexibility index (Phi) is 6.29. The van der Waals surface area contributed by atoms with Crippen molar-refractivity contribution < 1.29 is 19.0 Å². The van der Waals surface area contributed by atoms with Gasteiger partial charge in [0.2, 0.25) is 0 Å². The van der Waals surface area contributed by atoms with Crippen molar-refractivity contribution in [3.63, 3.8) is 0 Å². The van der Waals surface area contributed by atoms with E-state index in [1.165, 1.54) is 19.3 Å². The molecule has 3 atom stereocenters. The molecule has 2 bridgehead atoms. The van der Waals surface area contributed by atoms with Crippen LogP contribution in [0, 0.1) is 23.7 Å². The van der Waals surface area contributed by atoms with Crippen molar-refractivity contribution in [3.05, 3.63) is 23.4 Å². The SMILES string of the molecule is COc1cc(OC)c2c(c1)c(C(=O)NC1C3(C)CC[C@@H](C3)C1(C)C)c(C)n2CCN1CCOCC1. The number of methoxy groups -OCH3 is 2. The summed E-state index contributed by atoms with van der Waals surface area (Å²) < 4.78 is 19.2. The van der Waals surface area contributed by atoms with Crippen LogP contribution in [0.4, 0.5) is 0 Å². The Morgan fingerprint density at radius 1 is 1.14 bits per heavy atom. The van der Waals surface area contributed by atoms with E-state index in [0.717, 1.165) is 67.3 Å². The van der Waals surface area contributed by atoms with Gasteiger partial charge in [-0.1, -0.05) is 20.8 Å². The molecule has 1 N–H and O–H groups in total. The lowest BCUT2D eigenvalue weighted by atomic mass is 9.68. The second-order valence-electron chi connectivity index (χ2n) is 11.6. The number of amides is 1. The molecule has 5 rings (SSSR count). The highest BCUT2D eigenvalue weighted by molar-refractivity contribution is 6.10.